The minimum Gasteiger partial charge on any atom is -0.448 e. The summed E-state index contributed by atoms with van der Waals surface area (Å²) in [4.78, 5) is 31.9. The van der Waals surface area contributed by atoms with Crippen molar-refractivity contribution in [2.24, 2.45) is 5.92 Å². The van der Waals surface area contributed by atoms with E-state index in [1.165, 1.54) is 30.0 Å². The second-order valence-electron chi connectivity index (χ2n) is 7.43. The number of nitrogens with zero attached hydrogens (tertiary/aromatic N) is 4. The molecule has 0 atom stereocenters. The number of hydrogen-bond acceptors (Lipinski definition) is 4. The van der Waals surface area contributed by atoms with Gasteiger partial charge in [-0.3, -0.25) is 9.69 Å². The number of carbonyl (C=O) groups is 2. The summed E-state index contributed by atoms with van der Waals surface area (Å²) in [6, 6.07) is 0. The molecule has 0 unspecified atom stereocenters. The van der Waals surface area contributed by atoms with E-state index in [0.29, 0.717) is 19.1 Å². The van der Waals surface area contributed by atoms with Gasteiger partial charge in [0.1, 0.15) is 19.0 Å². The van der Waals surface area contributed by atoms with Gasteiger partial charge in [0.25, 0.3) is 0 Å². The maximum atomic E-state index is 12.4. The Morgan fingerprint density at radius 1 is 1.20 bits per heavy atom. The van der Waals surface area contributed by atoms with Crippen LogP contribution in [0.5, 0.6) is 0 Å². The average molecular weight is 346 g/mol. The maximum Gasteiger partial charge on any atom is 0.410 e. The van der Waals surface area contributed by atoms with E-state index in [0.717, 1.165) is 38.4 Å². The van der Waals surface area contributed by atoms with Crippen LogP contribution in [-0.2, 0) is 16.1 Å². The van der Waals surface area contributed by atoms with E-state index in [1.54, 1.807) is 0 Å². The van der Waals surface area contributed by atoms with Crippen LogP contribution in [0.1, 0.15) is 43.8 Å². The minimum absolute atomic E-state index is 0.0232. The first-order valence-electron chi connectivity index (χ1n) is 9.41. The van der Waals surface area contributed by atoms with Crippen LogP contribution in [-0.4, -0.2) is 64.1 Å². The van der Waals surface area contributed by atoms with E-state index in [2.05, 4.69) is 15.7 Å². The summed E-state index contributed by atoms with van der Waals surface area (Å²) in [5.41, 5.74) is 0. The van der Waals surface area contributed by atoms with Crippen molar-refractivity contribution in [3.63, 3.8) is 0 Å². The molecule has 1 aromatic heterocycles. The fourth-order valence-corrected chi connectivity index (χ4v) is 4.01. The van der Waals surface area contributed by atoms with E-state index < -0.39 is 0 Å². The number of piperidine rings is 1. The Hall–Kier alpha value is -2.05. The molecule has 2 amide bonds. The highest BCUT2D eigenvalue weighted by molar-refractivity contribution is 5.83. The van der Waals surface area contributed by atoms with Gasteiger partial charge in [0.15, 0.2) is 0 Å². The van der Waals surface area contributed by atoms with Gasteiger partial charge in [-0.05, 0) is 31.6 Å². The first-order chi connectivity index (χ1) is 12.2. The van der Waals surface area contributed by atoms with Crippen LogP contribution < -0.4 is 0 Å². The molecule has 3 heterocycles. The zero-order valence-electron chi connectivity index (χ0n) is 14.6. The van der Waals surface area contributed by atoms with E-state index in [1.807, 2.05) is 11.1 Å². The van der Waals surface area contributed by atoms with Gasteiger partial charge in [-0.15, -0.1) is 0 Å². The summed E-state index contributed by atoms with van der Waals surface area (Å²) in [6.07, 6.45) is 9.55. The summed E-state index contributed by atoms with van der Waals surface area (Å²) < 4.78 is 7.21. The zero-order chi connectivity index (χ0) is 17.2. The lowest BCUT2D eigenvalue weighted by atomic mass is 9.85. The molecule has 0 radical (unpaired) electrons. The van der Waals surface area contributed by atoms with Gasteiger partial charge in [0.05, 0.1) is 6.54 Å². The average Bonchev–Trinajstić information content (AvgIpc) is 3.20. The predicted octanol–water partition coefficient (Wildman–Crippen LogP) is 1.84. The third-order valence-electron chi connectivity index (χ3n) is 5.81. The monoisotopic (exact) mass is 346 g/mol. The van der Waals surface area contributed by atoms with Gasteiger partial charge >= 0.3 is 6.09 Å². The zero-order valence-corrected chi connectivity index (χ0v) is 14.6. The lowest BCUT2D eigenvalue weighted by Crippen LogP contribution is -2.44. The number of imidazole rings is 1. The quantitative estimate of drug-likeness (QED) is 0.816. The second kappa shape index (κ2) is 7.06. The van der Waals surface area contributed by atoms with Gasteiger partial charge < -0.3 is 14.2 Å². The van der Waals surface area contributed by atoms with Gasteiger partial charge in [-0.1, -0.05) is 6.42 Å². The van der Waals surface area contributed by atoms with Crippen molar-refractivity contribution in [3.05, 3.63) is 18.2 Å². The Labute approximate surface area is 147 Å². The number of ether oxygens (including phenoxy) is 1. The van der Waals surface area contributed by atoms with Crippen molar-refractivity contribution in [2.45, 2.75) is 44.6 Å². The fraction of sp³-hybridized carbons (Fsp3) is 0.722. The van der Waals surface area contributed by atoms with Gasteiger partial charge in [-0.2, -0.15) is 0 Å². The summed E-state index contributed by atoms with van der Waals surface area (Å²) >= 11 is 0. The number of likely N-dealkylation sites (tertiary alicyclic amines) is 1. The summed E-state index contributed by atoms with van der Waals surface area (Å²) in [5, 5.41) is 0. The van der Waals surface area contributed by atoms with Gasteiger partial charge in [0.2, 0.25) is 5.91 Å². The van der Waals surface area contributed by atoms with E-state index >= 15 is 0 Å². The molecule has 0 spiro atoms. The maximum absolute atomic E-state index is 12.4. The van der Waals surface area contributed by atoms with Crippen molar-refractivity contribution in [3.8, 4) is 0 Å². The molecule has 3 aliphatic rings. The lowest BCUT2D eigenvalue weighted by Gasteiger charge is -2.33. The van der Waals surface area contributed by atoms with E-state index in [9.17, 15) is 9.59 Å². The molecule has 0 N–H and O–H groups in total. The molecule has 2 saturated heterocycles. The smallest absolute Gasteiger partial charge is 0.410 e. The number of aromatic nitrogens is 2. The van der Waals surface area contributed by atoms with Crippen molar-refractivity contribution in [1.82, 2.24) is 19.4 Å². The molecule has 2 aliphatic heterocycles. The van der Waals surface area contributed by atoms with Crippen LogP contribution >= 0.6 is 0 Å². The number of amides is 2. The normalized spacial score (nSPS) is 22.2. The largest absolute Gasteiger partial charge is 0.448 e. The molecule has 1 aromatic rings. The summed E-state index contributed by atoms with van der Waals surface area (Å²) in [5.74, 6) is 2.45. The Morgan fingerprint density at radius 2 is 2.00 bits per heavy atom. The van der Waals surface area contributed by atoms with Gasteiger partial charge in [0, 0.05) is 37.9 Å². The fourth-order valence-electron chi connectivity index (χ4n) is 4.01. The Kier molecular flexibility index (Phi) is 4.63. The van der Waals surface area contributed by atoms with Crippen LogP contribution in [0.3, 0.4) is 0 Å². The van der Waals surface area contributed by atoms with Crippen molar-refractivity contribution < 1.29 is 14.3 Å². The summed E-state index contributed by atoms with van der Waals surface area (Å²) in [6.45, 7) is 3.61. The molecule has 0 bridgehead atoms. The first kappa shape index (κ1) is 16.4. The predicted molar refractivity (Wildman–Crippen MR) is 91.0 cm³/mol. The molecule has 0 aromatic carbocycles. The molecule has 3 fully saturated rings. The lowest BCUT2D eigenvalue weighted by molar-refractivity contribution is -0.132. The van der Waals surface area contributed by atoms with Gasteiger partial charge in [-0.25, -0.2) is 9.78 Å². The first-order valence-corrected chi connectivity index (χ1v) is 9.41. The summed E-state index contributed by atoms with van der Waals surface area (Å²) in [7, 11) is 0. The highest BCUT2D eigenvalue weighted by Gasteiger charge is 2.30. The Bertz CT molecular complexity index is 632. The van der Waals surface area contributed by atoms with E-state index in [4.69, 9.17) is 4.74 Å². The number of hydrogen-bond donors (Lipinski definition) is 0. The SMILES string of the molecule is O=C(CN1CCOC1=O)N1CCC(c2nccn2CC2CCC2)CC1. The van der Waals surface area contributed by atoms with Crippen LogP contribution in [0.4, 0.5) is 4.79 Å². The minimum atomic E-state index is -0.374. The molecular weight excluding hydrogens is 320 g/mol. The highest BCUT2D eigenvalue weighted by Crippen LogP contribution is 2.31. The topological polar surface area (TPSA) is 67.7 Å². The number of rotatable bonds is 5. The third kappa shape index (κ3) is 3.50. The highest BCUT2D eigenvalue weighted by atomic mass is 16.6. The molecule has 1 aliphatic carbocycles. The van der Waals surface area contributed by atoms with Crippen molar-refractivity contribution in [1.29, 1.82) is 0 Å². The number of cyclic esters (lactones) is 1. The molecule has 25 heavy (non-hydrogen) atoms. The Balaban J connectivity index is 1.30. The Morgan fingerprint density at radius 3 is 2.64 bits per heavy atom. The van der Waals surface area contributed by atoms with Crippen molar-refractivity contribution >= 4 is 12.0 Å². The molecule has 7 heteroatoms. The van der Waals surface area contributed by atoms with Crippen LogP contribution in [0, 0.1) is 5.92 Å². The second-order valence-corrected chi connectivity index (χ2v) is 7.43. The molecule has 1 saturated carbocycles. The van der Waals surface area contributed by atoms with Crippen LogP contribution in [0.15, 0.2) is 12.4 Å². The molecule has 7 nitrogen and oxygen atoms in total. The molecular formula is C18H26N4O3. The molecule has 136 valence electrons. The number of carbonyl (C=O) groups excluding carboxylic acids is 2. The van der Waals surface area contributed by atoms with Crippen molar-refractivity contribution in [2.75, 3.05) is 32.8 Å². The van der Waals surface area contributed by atoms with E-state index in [-0.39, 0.29) is 18.5 Å². The molecule has 4 rings (SSSR count). The standard InChI is InChI=1S/C18H26N4O3/c23-16(13-22-10-11-25-18(22)24)20-7-4-15(5-8-20)17-19-6-9-21(17)12-14-2-1-3-14/h6,9,14-15H,1-5,7-8,10-13H2. The van der Waals surface area contributed by atoms with Crippen LogP contribution in [0.2, 0.25) is 0 Å². The third-order valence-corrected chi connectivity index (χ3v) is 5.81. The van der Waals surface area contributed by atoms with Crippen LogP contribution in [0.25, 0.3) is 0 Å².